The fraction of sp³-hybridized carbons (Fsp3) is 0.200. The van der Waals surface area contributed by atoms with Crippen molar-refractivity contribution in [2.45, 2.75) is -0.0619 Å². The van der Waals surface area contributed by atoms with E-state index in [0.717, 1.165) is 6.00 Å². The maximum Gasteiger partial charge on any atom is 0.255 e. The van der Waals surface area contributed by atoms with E-state index in [2.05, 4.69) is 90.0 Å². The first-order valence-corrected chi connectivity index (χ1v) is 7.01. The quantitative estimate of drug-likeness (QED) is 0.271. The van der Waals surface area contributed by atoms with Gasteiger partial charge in [-0.3, -0.25) is 9.78 Å². The Morgan fingerprint density at radius 1 is 1.38 bits per heavy atom. The Morgan fingerprint density at radius 3 is 2.15 bits per heavy atom. The van der Waals surface area contributed by atoms with Gasteiger partial charge in [-0.2, -0.15) is 0 Å². The summed E-state index contributed by atoms with van der Waals surface area (Å²) in [7, 11) is 0. The van der Waals surface area contributed by atoms with E-state index in [1.165, 1.54) is 0 Å². The van der Waals surface area contributed by atoms with Crippen LogP contribution in [0, 0.1) is 4.77 Å². The third kappa shape index (κ3) is 9.40. The van der Waals surface area contributed by atoms with Crippen LogP contribution in [-0.4, -0.2) is 15.0 Å². The molecule has 1 heterocycles. The van der Waals surface area contributed by atoms with Crippen LogP contribution in [0.5, 0.6) is 5.88 Å². The molecule has 4 nitrogen and oxygen atoms in total. The van der Waals surface area contributed by atoms with Crippen molar-refractivity contribution in [3.63, 3.8) is 0 Å². The molecule has 0 unspecified atom stereocenters. The molecule has 0 radical (unpaired) electrons. The second kappa shape index (κ2) is 7.39. The molecule has 1 aromatic rings. The summed E-state index contributed by atoms with van der Waals surface area (Å²) in [6.45, 7) is 0. The van der Waals surface area contributed by atoms with Crippen LogP contribution in [0.3, 0.4) is 0 Å². The Bertz CT molecular complexity index is 330. The van der Waals surface area contributed by atoms with E-state index in [4.69, 9.17) is 5.11 Å². The average molecular weight is 538 g/mol. The summed E-state index contributed by atoms with van der Waals surface area (Å²) in [5, 5.41) is 8.65. The molecule has 1 rings (SSSR count). The summed E-state index contributed by atoms with van der Waals surface area (Å²) in [6, 6.07) is 1.01. The first kappa shape index (κ1) is 14.1. The minimum Gasteiger partial charge on any atom is -0.494 e. The SMILES string of the molecule is IC(I)I.O=c1cc(O)[nH]c(=S)[nH]1. The highest BCUT2D eigenvalue weighted by atomic mass is 127. The largest absolute Gasteiger partial charge is 0.494 e. The van der Waals surface area contributed by atoms with Crippen LogP contribution in [0.4, 0.5) is 0 Å². The molecule has 0 aliphatic heterocycles. The fourth-order valence-electron chi connectivity index (χ4n) is 0.456. The zero-order chi connectivity index (χ0) is 10.4. The highest BCUT2D eigenvalue weighted by Crippen LogP contribution is 2.16. The van der Waals surface area contributed by atoms with Gasteiger partial charge in [0.1, 0.15) is -0.0619 Å². The van der Waals surface area contributed by atoms with Crippen molar-refractivity contribution in [2.75, 3.05) is 0 Å². The molecule has 0 spiro atoms. The lowest BCUT2D eigenvalue weighted by atomic mass is 10.6. The average Bonchev–Trinajstić information content (AvgIpc) is 1.80. The number of hydrogen-bond donors (Lipinski definition) is 3. The van der Waals surface area contributed by atoms with Crippen LogP contribution in [0.25, 0.3) is 0 Å². The van der Waals surface area contributed by atoms with Crippen LogP contribution in [0.1, 0.15) is 0 Å². The molecule has 0 aliphatic rings. The minimum absolute atomic E-state index is 0.125. The molecule has 0 saturated carbocycles. The van der Waals surface area contributed by atoms with Gasteiger partial charge >= 0.3 is 0 Å². The Kier molecular flexibility index (Phi) is 8.01. The molecule has 0 amide bonds. The van der Waals surface area contributed by atoms with Crippen LogP contribution in [-0.2, 0) is 0 Å². The molecular weight excluding hydrogens is 533 g/mol. The van der Waals surface area contributed by atoms with E-state index in [1.807, 2.05) is 0 Å². The predicted molar refractivity (Wildman–Crippen MR) is 79.8 cm³/mol. The summed E-state index contributed by atoms with van der Waals surface area (Å²) < 4.78 is 0.868. The van der Waals surface area contributed by atoms with E-state index >= 15 is 0 Å². The van der Waals surface area contributed by atoms with Gasteiger partial charge in [0.2, 0.25) is 0 Å². The van der Waals surface area contributed by atoms with E-state index in [9.17, 15) is 4.79 Å². The van der Waals surface area contributed by atoms with Gasteiger partial charge in [-0.1, -0.05) is 67.8 Å². The third-order valence-corrected chi connectivity index (χ3v) is 0.950. The van der Waals surface area contributed by atoms with Crippen LogP contribution in [0.15, 0.2) is 10.9 Å². The van der Waals surface area contributed by atoms with Crippen molar-refractivity contribution in [3.8, 4) is 5.88 Å². The fourth-order valence-corrected chi connectivity index (χ4v) is 0.661. The van der Waals surface area contributed by atoms with Crippen molar-refractivity contribution in [2.24, 2.45) is 0 Å². The van der Waals surface area contributed by atoms with Gasteiger partial charge in [-0.25, -0.2) is 0 Å². The molecule has 0 atom stereocenters. The smallest absolute Gasteiger partial charge is 0.255 e. The first-order valence-electron chi connectivity index (χ1n) is 2.86. The molecule has 13 heavy (non-hydrogen) atoms. The first-order chi connectivity index (χ1) is 5.91. The van der Waals surface area contributed by atoms with Gasteiger partial charge in [0.15, 0.2) is 10.7 Å². The minimum atomic E-state index is -0.406. The monoisotopic (exact) mass is 538 g/mol. The number of hydrogen-bond acceptors (Lipinski definition) is 3. The molecule has 0 aromatic carbocycles. The molecule has 1 aromatic heterocycles. The highest BCUT2D eigenvalue weighted by Gasteiger charge is 1.86. The zero-order valence-electron chi connectivity index (χ0n) is 6.05. The van der Waals surface area contributed by atoms with E-state index in [1.54, 1.807) is 0 Å². The molecule has 0 fully saturated rings. The molecule has 0 aliphatic carbocycles. The number of aromatic hydroxyl groups is 1. The summed E-state index contributed by atoms with van der Waals surface area (Å²) in [4.78, 5) is 15.0. The lowest BCUT2D eigenvalue weighted by Crippen LogP contribution is -2.03. The lowest BCUT2D eigenvalue weighted by molar-refractivity contribution is 0.450. The lowest BCUT2D eigenvalue weighted by Gasteiger charge is -1.86. The normalized spacial score (nSPS) is 9.23. The van der Waals surface area contributed by atoms with E-state index in [-0.39, 0.29) is 10.7 Å². The van der Waals surface area contributed by atoms with Gasteiger partial charge in [0.25, 0.3) is 5.56 Å². The maximum atomic E-state index is 10.4. The van der Waals surface area contributed by atoms with Crippen LogP contribution < -0.4 is 5.56 Å². The topological polar surface area (TPSA) is 68.9 Å². The van der Waals surface area contributed by atoms with Crippen molar-refractivity contribution in [3.05, 3.63) is 21.2 Å². The maximum absolute atomic E-state index is 10.4. The highest BCUT2D eigenvalue weighted by molar-refractivity contribution is 14.3. The Balaban J connectivity index is 0.000000310. The van der Waals surface area contributed by atoms with Crippen LogP contribution >= 0.6 is 80.0 Å². The molecule has 0 saturated heterocycles. The number of aromatic nitrogens is 2. The Morgan fingerprint density at radius 2 is 1.85 bits per heavy atom. The van der Waals surface area contributed by atoms with Crippen molar-refractivity contribution >= 4 is 80.0 Å². The number of H-pyrrole nitrogens is 2. The number of aromatic amines is 2. The van der Waals surface area contributed by atoms with Crippen molar-refractivity contribution in [1.82, 2.24) is 9.97 Å². The molecular formula is C5H5I3N2O2S. The van der Waals surface area contributed by atoms with E-state index in [0.29, 0.717) is 0 Å². The number of halogens is 3. The van der Waals surface area contributed by atoms with E-state index < -0.39 is 5.56 Å². The second-order valence-electron chi connectivity index (χ2n) is 1.72. The summed E-state index contributed by atoms with van der Waals surface area (Å²) in [6.07, 6.45) is 0. The molecule has 3 N–H and O–H groups in total. The van der Waals surface area contributed by atoms with Gasteiger partial charge in [0.05, 0.1) is 6.07 Å². The third-order valence-electron chi connectivity index (χ3n) is 0.746. The van der Waals surface area contributed by atoms with Gasteiger partial charge in [0, 0.05) is 0 Å². The Hall–Kier alpha value is 1.09. The number of nitrogens with one attached hydrogen (secondary N) is 2. The van der Waals surface area contributed by atoms with Gasteiger partial charge in [-0.15, -0.1) is 0 Å². The zero-order valence-corrected chi connectivity index (χ0v) is 13.3. The van der Waals surface area contributed by atoms with Crippen LogP contribution in [0.2, 0.25) is 0 Å². The molecule has 8 heteroatoms. The summed E-state index contributed by atoms with van der Waals surface area (Å²) in [5.74, 6) is -0.219. The van der Waals surface area contributed by atoms with Crippen molar-refractivity contribution < 1.29 is 5.11 Å². The number of alkyl halides is 3. The molecule has 0 bridgehead atoms. The summed E-state index contributed by atoms with van der Waals surface area (Å²) in [5.41, 5.74) is -0.406. The predicted octanol–water partition coefficient (Wildman–Crippen LogP) is 2.71. The van der Waals surface area contributed by atoms with Crippen molar-refractivity contribution in [1.29, 1.82) is 0 Å². The number of rotatable bonds is 0. The van der Waals surface area contributed by atoms with Gasteiger partial charge < -0.3 is 10.1 Å². The second-order valence-corrected chi connectivity index (χ2v) is 13.0. The molecule has 74 valence electrons. The Labute approximate surface area is 120 Å². The van der Waals surface area contributed by atoms with Gasteiger partial charge in [-0.05, 0) is 12.2 Å². The summed E-state index contributed by atoms with van der Waals surface area (Å²) >= 11 is 11.5. The standard InChI is InChI=1S/C4H4N2O2S.CHI3/c7-2-1-3(8)6-4(9)5-2;2-1(3)4/h1H,(H3,5,6,7,8,9);1H.